The molecule has 1 aromatic heterocycles. The van der Waals surface area contributed by atoms with Crippen LogP contribution in [0.1, 0.15) is 22.4 Å². The van der Waals surface area contributed by atoms with Gasteiger partial charge in [0.25, 0.3) is 0 Å². The van der Waals surface area contributed by atoms with E-state index in [1.54, 1.807) is 20.4 Å². The van der Waals surface area contributed by atoms with E-state index in [1.807, 2.05) is 32.0 Å². The fourth-order valence-electron chi connectivity index (χ4n) is 2.83. The minimum Gasteiger partial charge on any atom is -0.497 e. The largest absolute Gasteiger partial charge is 0.497 e. The monoisotopic (exact) mass is 344 g/mol. The Labute approximate surface area is 144 Å². The first-order valence-corrected chi connectivity index (χ1v) is 8.97. The molecule has 0 aliphatic carbocycles. The van der Waals surface area contributed by atoms with Crippen LogP contribution in [0.2, 0.25) is 0 Å². The van der Waals surface area contributed by atoms with E-state index in [0.717, 1.165) is 39.6 Å². The first kappa shape index (κ1) is 16.6. The van der Waals surface area contributed by atoms with Crippen molar-refractivity contribution in [3.05, 3.63) is 46.8 Å². The highest BCUT2D eigenvalue weighted by atomic mass is 32.2. The van der Waals surface area contributed by atoms with Crippen molar-refractivity contribution in [2.75, 3.05) is 14.2 Å². The maximum Gasteiger partial charge on any atom is 0.128 e. The van der Waals surface area contributed by atoms with Crippen LogP contribution in [-0.4, -0.2) is 28.5 Å². The minimum absolute atomic E-state index is 0.340. The van der Waals surface area contributed by atoms with Crippen LogP contribution >= 0.6 is 0 Å². The molecule has 24 heavy (non-hydrogen) atoms. The molecule has 1 atom stereocenters. The van der Waals surface area contributed by atoms with Crippen molar-refractivity contribution in [2.45, 2.75) is 26.0 Å². The molecule has 0 spiro atoms. The summed E-state index contributed by atoms with van der Waals surface area (Å²) < 4.78 is 23.4. The van der Waals surface area contributed by atoms with Crippen molar-refractivity contribution in [2.24, 2.45) is 4.99 Å². The van der Waals surface area contributed by atoms with Crippen LogP contribution in [0.3, 0.4) is 0 Å². The third-order valence-electron chi connectivity index (χ3n) is 4.15. The van der Waals surface area contributed by atoms with Gasteiger partial charge in [-0.2, -0.15) is 0 Å². The first-order chi connectivity index (χ1) is 11.5. The maximum absolute atomic E-state index is 12.7. The minimum atomic E-state index is -1.22. The summed E-state index contributed by atoms with van der Waals surface area (Å²) in [5.41, 5.74) is 4.60. The Kier molecular flexibility index (Phi) is 4.66. The van der Waals surface area contributed by atoms with Crippen molar-refractivity contribution in [3.63, 3.8) is 0 Å². The lowest BCUT2D eigenvalue weighted by Crippen LogP contribution is -2.12. The van der Waals surface area contributed by atoms with Gasteiger partial charge in [0, 0.05) is 23.7 Å². The lowest BCUT2D eigenvalue weighted by molar-refractivity contribution is 0.407. The second-order valence-electron chi connectivity index (χ2n) is 5.71. The number of benzene rings is 1. The highest BCUT2D eigenvalue weighted by molar-refractivity contribution is 8.00. The van der Waals surface area contributed by atoms with Gasteiger partial charge in [0.2, 0.25) is 0 Å². The second kappa shape index (κ2) is 6.73. The molecule has 0 saturated heterocycles. The number of hydrogen-bond acceptors (Lipinski definition) is 5. The zero-order valence-corrected chi connectivity index (χ0v) is 15.1. The molecule has 0 saturated carbocycles. The molecule has 0 unspecified atom stereocenters. The number of ether oxygens (including phenoxy) is 2. The number of methoxy groups -OCH3 is 2. The van der Waals surface area contributed by atoms with Crippen molar-refractivity contribution in [1.29, 1.82) is 0 Å². The van der Waals surface area contributed by atoms with E-state index in [2.05, 4.69) is 9.98 Å². The van der Waals surface area contributed by atoms with Gasteiger partial charge in [-0.3, -0.25) is 9.19 Å². The van der Waals surface area contributed by atoms with Crippen LogP contribution in [-0.2, 0) is 23.0 Å². The van der Waals surface area contributed by atoms with Gasteiger partial charge in [0.15, 0.2) is 0 Å². The number of aryl methyl sites for hydroxylation is 1. The van der Waals surface area contributed by atoms with Crippen molar-refractivity contribution in [1.82, 2.24) is 4.98 Å². The van der Waals surface area contributed by atoms with Crippen LogP contribution in [0.5, 0.6) is 11.5 Å². The molecular formula is C18H20N2O3S. The summed E-state index contributed by atoms with van der Waals surface area (Å²) in [7, 11) is 2.06. The van der Waals surface area contributed by atoms with Crippen LogP contribution in [0.15, 0.2) is 29.4 Å². The van der Waals surface area contributed by atoms with Gasteiger partial charge in [-0.25, -0.2) is 4.99 Å². The van der Waals surface area contributed by atoms with Gasteiger partial charge in [-0.05, 0) is 37.6 Å². The van der Waals surface area contributed by atoms with E-state index in [9.17, 15) is 4.21 Å². The van der Waals surface area contributed by atoms with Gasteiger partial charge < -0.3 is 9.47 Å². The Morgan fingerprint density at radius 2 is 2.00 bits per heavy atom. The molecule has 0 radical (unpaired) electrons. The molecule has 1 aromatic carbocycles. The van der Waals surface area contributed by atoms with Crippen LogP contribution < -0.4 is 9.47 Å². The number of hydrogen-bond donors (Lipinski definition) is 0. The maximum atomic E-state index is 12.7. The average Bonchev–Trinajstić information content (AvgIpc) is 3.01. The highest BCUT2D eigenvalue weighted by Gasteiger charge is 2.22. The predicted molar refractivity (Wildman–Crippen MR) is 95.9 cm³/mol. The molecule has 6 heteroatoms. The van der Waals surface area contributed by atoms with E-state index in [1.165, 1.54) is 0 Å². The summed E-state index contributed by atoms with van der Waals surface area (Å²) in [6.07, 6.45) is 2.34. The third-order valence-corrected chi connectivity index (χ3v) is 5.45. The highest BCUT2D eigenvalue weighted by Crippen LogP contribution is 2.32. The van der Waals surface area contributed by atoms with Crippen LogP contribution in [0, 0.1) is 13.8 Å². The van der Waals surface area contributed by atoms with E-state index in [0.29, 0.717) is 17.2 Å². The van der Waals surface area contributed by atoms with Gasteiger partial charge >= 0.3 is 0 Å². The van der Waals surface area contributed by atoms with Crippen molar-refractivity contribution < 1.29 is 13.7 Å². The molecule has 2 heterocycles. The number of aliphatic imine (C=N–C) groups is 1. The standard InChI is InChI=1S/C18H20N2O3S/c1-11-9-19-16(12(2)18(11)23-4)10-24(21)17-8-13-7-14(22-3)5-6-15(13)20-17/h5-7,9H,8,10H2,1-4H3/t24-/m0/s1. The van der Waals surface area contributed by atoms with Crippen molar-refractivity contribution >= 4 is 21.5 Å². The molecule has 1 aliphatic heterocycles. The van der Waals surface area contributed by atoms with Crippen molar-refractivity contribution in [3.8, 4) is 11.5 Å². The Bertz CT molecular complexity index is 846. The molecule has 2 aromatic rings. The van der Waals surface area contributed by atoms with Gasteiger partial charge in [-0.15, -0.1) is 0 Å². The van der Waals surface area contributed by atoms with E-state index >= 15 is 0 Å². The Morgan fingerprint density at radius 3 is 2.71 bits per heavy atom. The zero-order valence-electron chi connectivity index (χ0n) is 14.3. The molecule has 0 N–H and O–H groups in total. The van der Waals surface area contributed by atoms with Crippen LogP contribution in [0.25, 0.3) is 0 Å². The summed E-state index contributed by atoms with van der Waals surface area (Å²) in [5.74, 6) is 1.93. The topological polar surface area (TPSA) is 60.8 Å². The number of pyridine rings is 1. The average molecular weight is 344 g/mol. The van der Waals surface area contributed by atoms with Crippen LogP contribution in [0.4, 0.5) is 5.69 Å². The Hall–Kier alpha value is -2.21. The molecule has 3 rings (SSSR count). The molecule has 0 amide bonds. The summed E-state index contributed by atoms with van der Waals surface area (Å²) in [5, 5.41) is 0.680. The number of aromatic nitrogens is 1. The quantitative estimate of drug-likeness (QED) is 0.854. The molecular weight excluding hydrogens is 324 g/mol. The Morgan fingerprint density at radius 1 is 1.21 bits per heavy atom. The fourth-order valence-corrected chi connectivity index (χ4v) is 4.05. The Balaban J connectivity index is 1.80. The fraction of sp³-hybridized carbons (Fsp3) is 0.333. The summed E-state index contributed by atoms with van der Waals surface area (Å²) in [4.78, 5) is 8.94. The lowest BCUT2D eigenvalue weighted by atomic mass is 10.1. The second-order valence-corrected chi connectivity index (χ2v) is 7.16. The zero-order chi connectivity index (χ0) is 17.3. The summed E-state index contributed by atoms with van der Waals surface area (Å²) in [6.45, 7) is 3.89. The molecule has 5 nitrogen and oxygen atoms in total. The number of rotatable bonds is 4. The van der Waals surface area contributed by atoms with E-state index in [-0.39, 0.29) is 0 Å². The first-order valence-electron chi connectivity index (χ1n) is 7.65. The molecule has 126 valence electrons. The predicted octanol–water partition coefficient (Wildman–Crippen LogP) is 3.25. The van der Waals surface area contributed by atoms with Gasteiger partial charge in [0.05, 0.1) is 42.2 Å². The van der Waals surface area contributed by atoms with Gasteiger partial charge in [-0.1, -0.05) is 0 Å². The van der Waals surface area contributed by atoms with Gasteiger partial charge in [0.1, 0.15) is 16.5 Å². The smallest absolute Gasteiger partial charge is 0.128 e. The van der Waals surface area contributed by atoms with E-state index in [4.69, 9.17) is 9.47 Å². The SMILES string of the molecule is COc1ccc2c(c1)CC([S@@](=O)Cc1ncc(C)c(OC)c1C)=N2. The number of fused-ring (bicyclic) bond motifs is 1. The van der Waals surface area contributed by atoms with E-state index < -0.39 is 10.8 Å². The summed E-state index contributed by atoms with van der Waals surface area (Å²) >= 11 is 0. The summed E-state index contributed by atoms with van der Waals surface area (Å²) in [6, 6.07) is 5.71. The lowest BCUT2D eigenvalue weighted by Gasteiger charge is -2.12. The number of nitrogens with zero attached hydrogens (tertiary/aromatic N) is 2. The molecule has 0 fully saturated rings. The third kappa shape index (κ3) is 3.06. The molecule has 1 aliphatic rings. The molecule has 0 bridgehead atoms. The normalized spacial score (nSPS) is 14.1.